The third-order valence-electron chi connectivity index (χ3n) is 5.09. The van der Waals surface area contributed by atoms with Crippen LogP contribution in [0, 0.1) is 10.1 Å². The lowest BCUT2D eigenvalue weighted by Crippen LogP contribution is -2.18. The van der Waals surface area contributed by atoms with Crippen LogP contribution < -0.4 is 5.32 Å². The van der Waals surface area contributed by atoms with Crippen molar-refractivity contribution in [1.82, 2.24) is 14.8 Å². The van der Waals surface area contributed by atoms with Crippen molar-refractivity contribution in [2.24, 2.45) is 0 Å². The maximum Gasteiger partial charge on any atom is 0.292 e. The molecule has 3 heterocycles. The van der Waals surface area contributed by atoms with Crippen LogP contribution in [0.5, 0.6) is 0 Å². The molecule has 3 aromatic rings. The van der Waals surface area contributed by atoms with E-state index in [9.17, 15) is 14.9 Å². The molecule has 1 atom stereocenters. The normalized spacial score (nSPS) is 15.7. The average Bonchev–Trinajstić information content (AvgIpc) is 3.54. The molecule has 1 saturated heterocycles. The largest absolute Gasteiger partial charge is 0.376 e. The second kappa shape index (κ2) is 10.2. The first kappa shape index (κ1) is 22.4. The van der Waals surface area contributed by atoms with Gasteiger partial charge in [-0.25, -0.2) is 0 Å². The van der Waals surface area contributed by atoms with Crippen LogP contribution in [0.4, 0.5) is 11.4 Å². The van der Waals surface area contributed by atoms with E-state index >= 15 is 0 Å². The molecule has 2 aromatic heterocycles. The highest BCUT2D eigenvalue weighted by Crippen LogP contribution is 2.30. The van der Waals surface area contributed by atoms with E-state index in [1.165, 1.54) is 28.8 Å². The lowest BCUT2D eigenvalue weighted by molar-refractivity contribution is -0.383. The SMILES string of the molecule is CCc1cc(-c2nnc(SCC(=O)Nc3ccccc3[N+](=O)[O-])n2CC2CCCO2)cs1. The molecule has 0 spiro atoms. The maximum atomic E-state index is 12.5. The molecule has 9 nitrogen and oxygen atoms in total. The van der Waals surface area contributed by atoms with Crippen molar-refractivity contribution in [3.05, 3.63) is 50.7 Å². The zero-order chi connectivity index (χ0) is 22.5. The maximum absolute atomic E-state index is 12.5. The van der Waals surface area contributed by atoms with E-state index in [1.807, 2.05) is 4.57 Å². The number of nitrogens with one attached hydrogen (secondary N) is 1. The van der Waals surface area contributed by atoms with Crippen molar-refractivity contribution in [2.45, 2.75) is 44.0 Å². The van der Waals surface area contributed by atoms with E-state index in [0.717, 1.165) is 37.3 Å². The Hall–Kier alpha value is -2.76. The van der Waals surface area contributed by atoms with Gasteiger partial charge in [0.25, 0.3) is 5.69 Å². The number of hydrogen-bond acceptors (Lipinski definition) is 8. The number of ether oxygens (including phenoxy) is 1. The summed E-state index contributed by atoms with van der Waals surface area (Å²) in [6.45, 7) is 3.48. The Bertz CT molecular complexity index is 1110. The van der Waals surface area contributed by atoms with Crippen LogP contribution in [0.3, 0.4) is 0 Å². The van der Waals surface area contributed by atoms with Gasteiger partial charge in [-0.05, 0) is 31.4 Å². The van der Waals surface area contributed by atoms with Gasteiger partial charge in [0.15, 0.2) is 11.0 Å². The second-order valence-electron chi connectivity index (χ2n) is 7.32. The number of aromatic nitrogens is 3. The highest BCUT2D eigenvalue weighted by atomic mass is 32.2. The van der Waals surface area contributed by atoms with Gasteiger partial charge < -0.3 is 10.1 Å². The number of nitro groups is 1. The number of thioether (sulfide) groups is 1. The summed E-state index contributed by atoms with van der Waals surface area (Å²) < 4.78 is 7.83. The molecule has 1 aliphatic rings. The van der Waals surface area contributed by atoms with E-state index in [1.54, 1.807) is 23.5 Å². The topological polar surface area (TPSA) is 112 Å². The van der Waals surface area contributed by atoms with Gasteiger partial charge in [0, 0.05) is 28.5 Å². The Balaban J connectivity index is 1.50. The summed E-state index contributed by atoms with van der Waals surface area (Å²) in [7, 11) is 0. The van der Waals surface area contributed by atoms with Crippen molar-refractivity contribution in [3.8, 4) is 11.4 Å². The molecular weight excluding hydrogens is 450 g/mol. The molecular formula is C21H23N5O4S2. The van der Waals surface area contributed by atoms with Crippen molar-refractivity contribution < 1.29 is 14.5 Å². The van der Waals surface area contributed by atoms with Crippen molar-refractivity contribution in [2.75, 3.05) is 17.7 Å². The smallest absolute Gasteiger partial charge is 0.292 e. The van der Waals surface area contributed by atoms with Crippen molar-refractivity contribution in [1.29, 1.82) is 0 Å². The van der Waals surface area contributed by atoms with E-state index in [2.05, 4.69) is 33.9 Å². The molecule has 168 valence electrons. The van der Waals surface area contributed by atoms with Gasteiger partial charge >= 0.3 is 0 Å². The number of para-hydroxylation sites is 2. The molecule has 0 saturated carbocycles. The van der Waals surface area contributed by atoms with Crippen molar-refractivity contribution >= 4 is 40.4 Å². The van der Waals surface area contributed by atoms with Crippen LogP contribution in [-0.4, -0.2) is 44.1 Å². The first-order valence-corrected chi connectivity index (χ1v) is 12.2. The Morgan fingerprint density at radius 2 is 2.25 bits per heavy atom. The third-order valence-corrected chi connectivity index (χ3v) is 7.14. The van der Waals surface area contributed by atoms with Crippen LogP contribution in [0.25, 0.3) is 11.4 Å². The van der Waals surface area contributed by atoms with Crippen LogP contribution in [0.1, 0.15) is 24.6 Å². The number of aryl methyl sites for hydroxylation is 1. The van der Waals surface area contributed by atoms with Crippen LogP contribution in [-0.2, 0) is 22.5 Å². The summed E-state index contributed by atoms with van der Waals surface area (Å²) in [5.74, 6) is 0.471. The van der Waals surface area contributed by atoms with Crippen LogP contribution in [0.15, 0.2) is 40.9 Å². The second-order valence-corrected chi connectivity index (χ2v) is 9.26. The first-order chi connectivity index (χ1) is 15.5. The number of carbonyl (C=O) groups is 1. The highest BCUT2D eigenvalue weighted by Gasteiger charge is 2.23. The zero-order valence-corrected chi connectivity index (χ0v) is 19.2. The molecule has 32 heavy (non-hydrogen) atoms. The fourth-order valence-corrected chi connectivity index (χ4v) is 5.07. The standard InChI is InChI=1S/C21H23N5O4S2/c1-2-16-10-14(12-31-16)20-23-24-21(25(20)11-15-6-5-9-30-15)32-13-19(27)22-17-7-3-4-8-18(17)26(28)29/h3-4,7-8,10,12,15H,2,5-6,9,11,13H2,1H3,(H,22,27). The first-order valence-electron chi connectivity index (χ1n) is 10.3. The highest BCUT2D eigenvalue weighted by molar-refractivity contribution is 7.99. The number of carbonyl (C=O) groups excluding carboxylic acids is 1. The molecule has 1 N–H and O–H groups in total. The van der Waals surface area contributed by atoms with Gasteiger partial charge in [0.1, 0.15) is 5.69 Å². The van der Waals surface area contributed by atoms with E-state index in [0.29, 0.717) is 11.7 Å². The summed E-state index contributed by atoms with van der Waals surface area (Å²) >= 11 is 2.95. The summed E-state index contributed by atoms with van der Waals surface area (Å²) in [6, 6.07) is 8.20. The van der Waals surface area contributed by atoms with E-state index in [-0.39, 0.29) is 29.1 Å². The lowest BCUT2D eigenvalue weighted by atomic mass is 10.2. The number of benzene rings is 1. The van der Waals surface area contributed by atoms with Gasteiger partial charge in [-0.3, -0.25) is 19.5 Å². The summed E-state index contributed by atoms with van der Waals surface area (Å²) in [4.78, 5) is 24.4. The number of thiophene rings is 1. The molecule has 0 radical (unpaired) electrons. The predicted molar refractivity (Wildman–Crippen MR) is 124 cm³/mol. The number of rotatable bonds is 9. The summed E-state index contributed by atoms with van der Waals surface area (Å²) in [5.41, 5.74) is 1.04. The van der Waals surface area contributed by atoms with Gasteiger partial charge in [0.2, 0.25) is 5.91 Å². The Labute approximate surface area is 193 Å². The monoisotopic (exact) mass is 473 g/mol. The van der Waals surface area contributed by atoms with Crippen molar-refractivity contribution in [3.63, 3.8) is 0 Å². The third kappa shape index (κ3) is 5.17. The van der Waals surface area contributed by atoms with Gasteiger partial charge in [-0.2, -0.15) is 0 Å². The minimum atomic E-state index is -0.515. The molecule has 0 bridgehead atoms. The Morgan fingerprint density at radius 3 is 2.97 bits per heavy atom. The van der Waals surface area contributed by atoms with Gasteiger partial charge in [-0.1, -0.05) is 30.8 Å². The van der Waals surface area contributed by atoms with Gasteiger partial charge in [0.05, 0.1) is 23.3 Å². The lowest BCUT2D eigenvalue weighted by Gasteiger charge is -2.14. The quantitative estimate of drug-likeness (QED) is 0.279. The Kier molecular flexibility index (Phi) is 7.18. The fourth-order valence-electron chi connectivity index (χ4n) is 3.50. The fraction of sp³-hybridized carbons (Fsp3) is 0.381. The molecule has 1 aliphatic heterocycles. The molecule has 1 fully saturated rings. The predicted octanol–water partition coefficient (Wildman–Crippen LogP) is 4.39. The van der Waals surface area contributed by atoms with E-state index in [4.69, 9.17) is 4.74 Å². The van der Waals surface area contributed by atoms with Crippen LogP contribution >= 0.6 is 23.1 Å². The summed E-state index contributed by atoms with van der Waals surface area (Å²) in [6.07, 6.45) is 3.05. The number of anilines is 1. The molecule has 1 unspecified atom stereocenters. The minimum absolute atomic E-state index is 0.0551. The number of amides is 1. The number of nitrogens with zero attached hydrogens (tertiary/aromatic N) is 4. The minimum Gasteiger partial charge on any atom is -0.376 e. The molecule has 0 aliphatic carbocycles. The number of hydrogen-bond donors (Lipinski definition) is 1. The van der Waals surface area contributed by atoms with Gasteiger partial charge in [-0.15, -0.1) is 21.5 Å². The molecule has 4 rings (SSSR count). The molecule has 1 amide bonds. The Morgan fingerprint density at radius 1 is 1.41 bits per heavy atom. The summed E-state index contributed by atoms with van der Waals surface area (Å²) in [5, 5.41) is 25.2. The zero-order valence-electron chi connectivity index (χ0n) is 17.5. The van der Waals surface area contributed by atoms with Crippen LogP contribution in [0.2, 0.25) is 0 Å². The molecule has 11 heteroatoms. The van der Waals surface area contributed by atoms with E-state index < -0.39 is 4.92 Å². The number of nitro benzene ring substituents is 1. The molecule has 1 aromatic carbocycles. The average molecular weight is 474 g/mol.